The smallest absolute Gasteiger partial charge is 0.306 e. The maximum Gasteiger partial charge on any atom is 0.306 e. The van der Waals surface area contributed by atoms with Crippen molar-refractivity contribution in [3.63, 3.8) is 0 Å². The van der Waals surface area contributed by atoms with Crippen molar-refractivity contribution in [3.05, 3.63) is 24.3 Å². The standard InChI is InChI=1S/C45H82O12S/c1-3-5-7-9-11-13-15-16-17-18-19-20-21-22-24-26-28-30-32-34-41(47)56-38(35-54-40(46)33-31-29-27-25-23-14-12-10-8-6-4-2)36-55-45-44(50)43(49)42(48)39(57-45)37-58(51,52)53/h11,13,16-17,38-39,42-45,48-50H,3-10,12,14-15,18-37H2,1-2H3,(H,51,52,53)/b13-11-,17-16-. The van der Waals surface area contributed by atoms with Crippen molar-refractivity contribution >= 4 is 22.1 Å². The van der Waals surface area contributed by atoms with E-state index in [9.17, 15) is 37.9 Å². The Hall–Kier alpha value is -1.87. The van der Waals surface area contributed by atoms with Gasteiger partial charge in [-0.25, -0.2) is 0 Å². The summed E-state index contributed by atoms with van der Waals surface area (Å²) in [4.78, 5) is 25.4. The van der Waals surface area contributed by atoms with Crippen LogP contribution in [0.5, 0.6) is 0 Å². The predicted molar refractivity (Wildman–Crippen MR) is 229 cm³/mol. The summed E-state index contributed by atoms with van der Waals surface area (Å²) >= 11 is 0. The van der Waals surface area contributed by atoms with Gasteiger partial charge < -0.3 is 34.3 Å². The number of esters is 2. The molecule has 0 amide bonds. The molecule has 0 bridgehead atoms. The van der Waals surface area contributed by atoms with Crippen LogP contribution in [0.25, 0.3) is 0 Å². The predicted octanol–water partition coefficient (Wildman–Crippen LogP) is 9.23. The van der Waals surface area contributed by atoms with Gasteiger partial charge in [-0.2, -0.15) is 8.42 Å². The lowest BCUT2D eigenvalue weighted by Crippen LogP contribution is -2.60. The van der Waals surface area contributed by atoms with E-state index >= 15 is 0 Å². The van der Waals surface area contributed by atoms with E-state index in [2.05, 4.69) is 38.2 Å². The molecule has 13 heteroatoms. The van der Waals surface area contributed by atoms with Crippen molar-refractivity contribution in [1.29, 1.82) is 0 Å². The molecule has 0 aromatic carbocycles. The minimum absolute atomic E-state index is 0.162. The largest absolute Gasteiger partial charge is 0.462 e. The highest BCUT2D eigenvalue weighted by molar-refractivity contribution is 7.85. The normalized spacial score (nSPS) is 20.6. The van der Waals surface area contributed by atoms with E-state index in [-0.39, 0.29) is 19.4 Å². The number of hydrogen-bond donors (Lipinski definition) is 4. The minimum atomic E-state index is -4.60. The second-order valence-corrected chi connectivity index (χ2v) is 17.6. The van der Waals surface area contributed by atoms with E-state index in [0.717, 1.165) is 51.4 Å². The highest BCUT2D eigenvalue weighted by Crippen LogP contribution is 2.24. The van der Waals surface area contributed by atoms with Crippen LogP contribution in [-0.2, 0) is 38.7 Å². The molecule has 1 aliphatic heterocycles. The lowest BCUT2D eigenvalue weighted by atomic mass is 10.00. The third-order valence-electron chi connectivity index (χ3n) is 10.5. The Morgan fingerprint density at radius 3 is 1.55 bits per heavy atom. The van der Waals surface area contributed by atoms with Gasteiger partial charge in [0.05, 0.1) is 6.61 Å². The Morgan fingerprint density at radius 1 is 0.586 bits per heavy atom. The summed E-state index contributed by atoms with van der Waals surface area (Å²) in [5.41, 5.74) is 0. The highest BCUT2D eigenvalue weighted by atomic mass is 32.2. The molecule has 0 saturated carbocycles. The quantitative estimate of drug-likeness (QED) is 0.0200. The van der Waals surface area contributed by atoms with E-state index in [1.807, 2.05) is 0 Å². The Bertz CT molecular complexity index is 1180. The fourth-order valence-corrected chi connectivity index (χ4v) is 7.63. The van der Waals surface area contributed by atoms with E-state index in [1.165, 1.54) is 103 Å². The minimum Gasteiger partial charge on any atom is -0.462 e. The molecule has 1 rings (SSSR count). The van der Waals surface area contributed by atoms with Crippen LogP contribution in [0.3, 0.4) is 0 Å². The van der Waals surface area contributed by atoms with Crippen LogP contribution in [0.1, 0.15) is 194 Å². The summed E-state index contributed by atoms with van der Waals surface area (Å²) in [5.74, 6) is -1.98. The fourth-order valence-electron chi connectivity index (χ4n) is 6.94. The van der Waals surface area contributed by atoms with Crippen LogP contribution < -0.4 is 0 Å². The average molecular weight is 847 g/mol. The number of hydrogen-bond acceptors (Lipinski definition) is 11. The van der Waals surface area contributed by atoms with Gasteiger partial charge in [-0.1, -0.05) is 160 Å². The van der Waals surface area contributed by atoms with E-state index < -0.39 is 71.2 Å². The van der Waals surface area contributed by atoms with Crippen LogP contribution in [0.15, 0.2) is 24.3 Å². The van der Waals surface area contributed by atoms with Gasteiger partial charge in [-0.3, -0.25) is 14.1 Å². The van der Waals surface area contributed by atoms with Crippen LogP contribution >= 0.6 is 0 Å². The zero-order valence-electron chi connectivity index (χ0n) is 36.2. The van der Waals surface area contributed by atoms with Crippen molar-refractivity contribution in [1.82, 2.24) is 0 Å². The van der Waals surface area contributed by atoms with Gasteiger partial charge in [0.1, 0.15) is 36.8 Å². The van der Waals surface area contributed by atoms with Crippen LogP contribution in [0.2, 0.25) is 0 Å². The molecule has 1 fully saturated rings. The van der Waals surface area contributed by atoms with Crippen molar-refractivity contribution in [3.8, 4) is 0 Å². The molecule has 0 aromatic heterocycles. The van der Waals surface area contributed by atoms with Gasteiger partial charge in [0.2, 0.25) is 0 Å². The number of unbranched alkanes of at least 4 members (excludes halogenated alkanes) is 22. The second kappa shape index (κ2) is 35.8. The molecule has 0 aliphatic carbocycles. The number of aliphatic hydroxyl groups is 3. The summed E-state index contributed by atoms with van der Waals surface area (Å²) < 4.78 is 54.0. The molecule has 1 aliphatic rings. The Kier molecular flexibility index (Phi) is 33.5. The zero-order valence-corrected chi connectivity index (χ0v) is 37.0. The van der Waals surface area contributed by atoms with Crippen LogP contribution in [-0.4, -0.2) is 96.0 Å². The molecule has 0 radical (unpaired) electrons. The van der Waals surface area contributed by atoms with Crippen molar-refractivity contribution < 1.29 is 56.8 Å². The third-order valence-corrected chi connectivity index (χ3v) is 11.3. The van der Waals surface area contributed by atoms with Crippen LogP contribution in [0, 0.1) is 0 Å². The Labute approximate surface area is 351 Å². The van der Waals surface area contributed by atoms with Gasteiger partial charge in [0.25, 0.3) is 10.1 Å². The molecule has 6 atom stereocenters. The third kappa shape index (κ3) is 30.2. The summed E-state index contributed by atoms with van der Waals surface area (Å²) in [5, 5.41) is 30.9. The second-order valence-electron chi connectivity index (χ2n) is 16.1. The monoisotopic (exact) mass is 847 g/mol. The van der Waals surface area contributed by atoms with Crippen molar-refractivity contribution in [2.24, 2.45) is 0 Å². The summed E-state index contributed by atoms with van der Waals surface area (Å²) in [6, 6.07) is 0. The number of carbonyl (C=O) groups is 2. The molecule has 58 heavy (non-hydrogen) atoms. The van der Waals surface area contributed by atoms with E-state index in [4.69, 9.17) is 18.9 Å². The molecule has 0 aromatic rings. The van der Waals surface area contributed by atoms with Crippen molar-refractivity contribution in [2.75, 3.05) is 19.0 Å². The van der Waals surface area contributed by atoms with E-state index in [0.29, 0.717) is 12.8 Å². The molecular weight excluding hydrogens is 765 g/mol. The molecule has 12 nitrogen and oxygen atoms in total. The van der Waals surface area contributed by atoms with Gasteiger partial charge >= 0.3 is 11.9 Å². The van der Waals surface area contributed by atoms with Gasteiger partial charge in [0.15, 0.2) is 12.4 Å². The Balaban J connectivity index is 2.42. The molecule has 0 spiro atoms. The molecule has 340 valence electrons. The zero-order chi connectivity index (χ0) is 42.7. The number of aliphatic hydroxyl groups excluding tert-OH is 3. The topological polar surface area (TPSA) is 186 Å². The molecule has 4 N–H and O–H groups in total. The van der Waals surface area contributed by atoms with Crippen molar-refractivity contribution in [2.45, 2.75) is 230 Å². The maximum atomic E-state index is 12.8. The van der Waals surface area contributed by atoms with Gasteiger partial charge in [0, 0.05) is 12.8 Å². The van der Waals surface area contributed by atoms with Crippen LogP contribution in [0.4, 0.5) is 0 Å². The molecule has 1 saturated heterocycles. The first-order valence-corrected chi connectivity index (χ1v) is 24.5. The van der Waals surface area contributed by atoms with Gasteiger partial charge in [-0.05, 0) is 44.9 Å². The van der Waals surface area contributed by atoms with Gasteiger partial charge in [-0.15, -0.1) is 0 Å². The number of rotatable bonds is 38. The first-order valence-electron chi connectivity index (χ1n) is 22.9. The summed E-state index contributed by atoms with van der Waals surface area (Å²) in [6.07, 6.45) is 29.4. The number of carbonyl (C=O) groups excluding carboxylic acids is 2. The first-order chi connectivity index (χ1) is 28.0. The molecule has 6 unspecified atom stereocenters. The first kappa shape index (κ1) is 54.1. The van der Waals surface area contributed by atoms with E-state index in [1.54, 1.807) is 0 Å². The lowest BCUT2D eigenvalue weighted by Gasteiger charge is -2.40. The number of ether oxygens (including phenoxy) is 4. The average Bonchev–Trinajstić information content (AvgIpc) is 3.18. The summed E-state index contributed by atoms with van der Waals surface area (Å²) in [6.45, 7) is 3.73. The Morgan fingerprint density at radius 2 is 1.03 bits per heavy atom. The summed E-state index contributed by atoms with van der Waals surface area (Å²) in [7, 11) is -4.60. The fraction of sp³-hybridized carbons (Fsp3) is 0.867. The molecule has 1 heterocycles. The lowest BCUT2D eigenvalue weighted by molar-refractivity contribution is -0.297. The number of allylic oxidation sites excluding steroid dienone is 4. The SMILES string of the molecule is CCCCC/C=C\C/C=C\CCCCCCCCCCCC(=O)OC(COC(=O)CCCCCCCCCCCCC)COC1OC(CS(=O)(=O)O)C(O)C(O)C1O. The maximum absolute atomic E-state index is 12.8. The highest BCUT2D eigenvalue weighted by Gasteiger charge is 2.46. The molecular formula is C45H82O12S.